The van der Waals surface area contributed by atoms with Crippen LogP contribution in [-0.2, 0) is 11.4 Å². The molecule has 1 aromatic carbocycles. The van der Waals surface area contributed by atoms with Crippen LogP contribution in [0.1, 0.15) is 25.0 Å². The first kappa shape index (κ1) is 17.0. The second kappa shape index (κ2) is 4.74. The van der Waals surface area contributed by atoms with Crippen molar-refractivity contribution >= 4 is 15.7 Å². The van der Waals surface area contributed by atoms with E-state index in [0.717, 1.165) is 32.0 Å². The molecule has 0 saturated heterocycles. The van der Waals surface area contributed by atoms with Gasteiger partial charge in [0, 0.05) is 0 Å². The number of halogens is 6. The number of rotatable bonds is 2. The van der Waals surface area contributed by atoms with E-state index in [1.165, 1.54) is 21.8 Å². The maximum Gasteiger partial charge on any atom is 0.416 e. The number of hydrogen-bond acceptors (Lipinski definition) is 0. The van der Waals surface area contributed by atoms with Crippen molar-refractivity contribution in [3.63, 3.8) is 0 Å². The Morgan fingerprint density at radius 1 is 0.850 bits per heavy atom. The van der Waals surface area contributed by atoms with Gasteiger partial charge in [-0.25, -0.2) is 0 Å². The Morgan fingerprint density at radius 2 is 1.30 bits per heavy atom. The fraction of sp³-hybridized carbons (Fsp3) is 0.500. The molecule has 8 heteroatoms. The molecule has 0 heterocycles. The van der Waals surface area contributed by atoms with Gasteiger partial charge in [0.15, 0.2) is 0 Å². The van der Waals surface area contributed by atoms with Gasteiger partial charge in [0.2, 0.25) is 0 Å². The van der Waals surface area contributed by atoms with Gasteiger partial charge in [0.05, 0.1) is 11.0 Å². The highest BCUT2D eigenvalue weighted by Crippen LogP contribution is 2.49. The minimum atomic E-state index is -4.57. The highest BCUT2D eigenvalue weighted by Gasteiger charge is 2.56. The van der Waals surface area contributed by atoms with Crippen LogP contribution >= 0.6 is 0 Å². The zero-order chi connectivity index (χ0) is 16.0. The molecule has 0 nitrogen and oxygen atoms in total. The molecule has 0 atom stereocenters. The lowest BCUT2D eigenvalue weighted by atomic mass is 9.40. The Bertz CT molecular complexity index is 487. The van der Waals surface area contributed by atoms with E-state index in [-0.39, 0.29) is 5.56 Å². The molecule has 20 heavy (non-hydrogen) atoms. The molecule has 1 rings (SSSR count). The van der Waals surface area contributed by atoms with Crippen molar-refractivity contribution in [2.75, 3.05) is 0 Å². The van der Waals surface area contributed by atoms with Crippen LogP contribution in [0.2, 0.25) is 0 Å². The standard InChI is InChI=1S/C12H14B2F6/c1-9(2,12(18,19)20)10(13,14)7-4-3-5-8(6-7)11(15,16)17/h3-6H,13-14H2,1-2H3. The van der Waals surface area contributed by atoms with Crippen LogP contribution < -0.4 is 0 Å². The summed E-state index contributed by atoms with van der Waals surface area (Å²) in [5, 5.41) is -1.49. The summed E-state index contributed by atoms with van der Waals surface area (Å²) >= 11 is 0. The lowest BCUT2D eigenvalue weighted by Crippen LogP contribution is -2.52. The fourth-order valence-corrected chi connectivity index (χ4v) is 1.80. The van der Waals surface area contributed by atoms with Gasteiger partial charge in [-0.1, -0.05) is 37.6 Å². The fourth-order valence-electron chi connectivity index (χ4n) is 1.80. The molecule has 0 saturated carbocycles. The topological polar surface area (TPSA) is 0 Å². The molecule has 0 spiro atoms. The van der Waals surface area contributed by atoms with Crippen molar-refractivity contribution in [3.8, 4) is 0 Å². The molecule has 0 aliphatic carbocycles. The van der Waals surface area contributed by atoms with E-state index in [9.17, 15) is 26.3 Å². The molecule has 0 aliphatic rings. The van der Waals surface area contributed by atoms with Crippen molar-refractivity contribution in [1.29, 1.82) is 0 Å². The van der Waals surface area contributed by atoms with E-state index in [4.69, 9.17) is 0 Å². The molecule has 0 fully saturated rings. The lowest BCUT2D eigenvalue weighted by molar-refractivity contribution is -0.217. The SMILES string of the molecule is BC(B)(c1cccc(C(F)(F)F)c1)C(C)(C)C(F)(F)F. The summed E-state index contributed by atoms with van der Waals surface area (Å²) in [6.45, 7) is 1.99. The summed E-state index contributed by atoms with van der Waals surface area (Å²) in [6.07, 6.45) is -9.10. The van der Waals surface area contributed by atoms with E-state index >= 15 is 0 Å². The Labute approximate surface area is 115 Å². The monoisotopic (exact) mass is 294 g/mol. The number of hydrogen-bond donors (Lipinski definition) is 0. The van der Waals surface area contributed by atoms with Gasteiger partial charge in [0.25, 0.3) is 0 Å². The van der Waals surface area contributed by atoms with Crippen LogP contribution in [0.25, 0.3) is 0 Å². The minimum Gasteiger partial charge on any atom is -0.171 e. The number of alkyl halides is 6. The lowest BCUT2D eigenvalue weighted by Gasteiger charge is -2.43. The third kappa shape index (κ3) is 2.83. The minimum absolute atomic E-state index is 0.00894. The van der Waals surface area contributed by atoms with Crippen molar-refractivity contribution < 1.29 is 26.3 Å². The van der Waals surface area contributed by atoms with E-state index < -0.39 is 28.5 Å². The normalized spacial score (nSPS) is 14.4. The Hall–Kier alpha value is -1.07. The van der Waals surface area contributed by atoms with Crippen LogP contribution in [0, 0.1) is 5.41 Å². The zero-order valence-corrected chi connectivity index (χ0v) is 11.6. The predicted molar refractivity (Wildman–Crippen MR) is 70.0 cm³/mol. The van der Waals surface area contributed by atoms with Gasteiger partial charge in [-0.2, -0.15) is 26.3 Å². The largest absolute Gasteiger partial charge is 0.416 e. The highest BCUT2D eigenvalue weighted by molar-refractivity contribution is 6.40. The quantitative estimate of drug-likeness (QED) is 0.581. The molecule has 0 aliphatic heterocycles. The van der Waals surface area contributed by atoms with Crippen LogP contribution in [0.3, 0.4) is 0 Å². The molecule has 0 amide bonds. The van der Waals surface area contributed by atoms with Gasteiger partial charge in [0.1, 0.15) is 15.7 Å². The number of benzene rings is 1. The molecule has 0 radical (unpaired) electrons. The molecule has 0 bridgehead atoms. The Kier molecular flexibility index (Phi) is 4.02. The Balaban J connectivity index is 3.37. The molecule has 0 N–H and O–H groups in total. The van der Waals surface area contributed by atoms with E-state index in [1.807, 2.05) is 0 Å². The summed E-state index contributed by atoms with van der Waals surface area (Å²) < 4.78 is 77.4. The maximum absolute atomic E-state index is 13.1. The molecular formula is C12H14B2F6. The summed E-state index contributed by atoms with van der Waals surface area (Å²) in [6, 6.07) is 4.06. The summed E-state index contributed by atoms with van der Waals surface area (Å²) in [5.74, 6) is 0. The molecule has 1 aromatic rings. The van der Waals surface area contributed by atoms with E-state index in [2.05, 4.69) is 0 Å². The molecule has 0 aromatic heterocycles. The molecule has 0 unspecified atom stereocenters. The first-order valence-electron chi connectivity index (χ1n) is 5.96. The van der Waals surface area contributed by atoms with Crippen LogP contribution in [0.15, 0.2) is 24.3 Å². The van der Waals surface area contributed by atoms with Crippen molar-refractivity contribution in [2.45, 2.75) is 31.4 Å². The Morgan fingerprint density at radius 3 is 1.70 bits per heavy atom. The zero-order valence-electron chi connectivity index (χ0n) is 11.6. The maximum atomic E-state index is 13.1. The van der Waals surface area contributed by atoms with Gasteiger partial charge in [-0.15, -0.1) is 0 Å². The summed E-state index contributed by atoms with van der Waals surface area (Å²) in [5.41, 5.74) is -3.10. The summed E-state index contributed by atoms with van der Waals surface area (Å²) in [7, 11) is 2.60. The van der Waals surface area contributed by atoms with E-state index in [1.54, 1.807) is 0 Å². The van der Waals surface area contributed by atoms with Crippen LogP contribution in [0.4, 0.5) is 26.3 Å². The van der Waals surface area contributed by atoms with E-state index in [0.29, 0.717) is 0 Å². The van der Waals surface area contributed by atoms with Crippen LogP contribution in [-0.4, -0.2) is 21.9 Å². The average molecular weight is 294 g/mol. The second-order valence-electron chi connectivity index (χ2n) is 5.83. The van der Waals surface area contributed by atoms with Gasteiger partial charge in [-0.05, 0) is 11.3 Å². The molecular weight excluding hydrogens is 280 g/mol. The summed E-state index contributed by atoms with van der Waals surface area (Å²) in [4.78, 5) is 0. The highest BCUT2D eigenvalue weighted by atomic mass is 19.4. The first-order valence-corrected chi connectivity index (χ1v) is 5.96. The first-order chi connectivity index (χ1) is 8.71. The van der Waals surface area contributed by atoms with Crippen molar-refractivity contribution in [2.24, 2.45) is 5.41 Å². The van der Waals surface area contributed by atoms with Crippen molar-refractivity contribution in [1.82, 2.24) is 0 Å². The smallest absolute Gasteiger partial charge is 0.171 e. The predicted octanol–water partition coefficient (Wildman–Crippen LogP) is 2.71. The van der Waals surface area contributed by atoms with Crippen molar-refractivity contribution in [3.05, 3.63) is 35.4 Å². The average Bonchev–Trinajstić information content (AvgIpc) is 2.26. The third-order valence-electron chi connectivity index (χ3n) is 4.18. The molecule has 110 valence electrons. The van der Waals surface area contributed by atoms with Gasteiger partial charge >= 0.3 is 12.4 Å². The third-order valence-corrected chi connectivity index (χ3v) is 4.18. The van der Waals surface area contributed by atoms with Gasteiger partial charge < -0.3 is 0 Å². The second-order valence-corrected chi connectivity index (χ2v) is 5.83. The van der Waals surface area contributed by atoms with Gasteiger partial charge in [-0.3, -0.25) is 0 Å². The van der Waals surface area contributed by atoms with Crippen LogP contribution in [0.5, 0.6) is 0 Å².